The van der Waals surface area contributed by atoms with Gasteiger partial charge < -0.3 is 14.2 Å². The normalized spacial score (nSPS) is 21.9. The van der Waals surface area contributed by atoms with Gasteiger partial charge in [-0.2, -0.15) is 0 Å². The van der Waals surface area contributed by atoms with E-state index in [0.717, 1.165) is 72.4 Å². The largest absolute Gasteiger partial charge is 0.495 e. The molecule has 6 heteroatoms. The van der Waals surface area contributed by atoms with Crippen molar-refractivity contribution < 1.29 is 13.9 Å². The number of benzene rings is 2. The lowest BCUT2D eigenvalue weighted by Crippen LogP contribution is -2.45. The topological polar surface area (TPSA) is 47.4 Å². The van der Waals surface area contributed by atoms with Crippen molar-refractivity contribution in [2.24, 2.45) is 0 Å². The third kappa shape index (κ3) is 4.37. The Hall–Kier alpha value is -3.41. The molecule has 2 fully saturated rings. The van der Waals surface area contributed by atoms with E-state index >= 15 is 0 Å². The van der Waals surface area contributed by atoms with E-state index in [4.69, 9.17) is 4.74 Å². The van der Waals surface area contributed by atoms with Gasteiger partial charge in [-0.1, -0.05) is 18.2 Å². The van der Waals surface area contributed by atoms with Crippen LogP contribution in [0.25, 0.3) is 11.8 Å². The summed E-state index contributed by atoms with van der Waals surface area (Å²) in [5.41, 5.74) is 4.62. The fourth-order valence-electron chi connectivity index (χ4n) is 5.37. The second kappa shape index (κ2) is 9.45. The molecule has 2 atom stereocenters. The van der Waals surface area contributed by atoms with Crippen LogP contribution >= 0.6 is 0 Å². The number of carbonyl (C=O) groups excluding carboxylic acids is 1. The maximum atomic E-state index is 13.8. The minimum atomic E-state index is -0.248. The predicted molar refractivity (Wildman–Crippen MR) is 130 cm³/mol. The summed E-state index contributed by atoms with van der Waals surface area (Å²) < 4.78 is 21.1. The van der Waals surface area contributed by atoms with E-state index < -0.39 is 0 Å². The molecule has 1 aromatic heterocycles. The molecule has 2 aliphatic rings. The summed E-state index contributed by atoms with van der Waals surface area (Å²) in [5.74, 6) is 0.583. The summed E-state index contributed by atoms with van der Waals surface area (Å²) in [6.07, 6.45) is 11.5. The lowest BCUT2D eigenvalue weighted by Gasteiger charge is -2.42. The minimum absolute atomic E-state index is 0.00487. The highest BCUT2D eigenvalue weighted by molar-refractivity contribution is 5.98. The summed E-state index contributed by atoms with van der Waals surface area (Å²) in [6.45, 7) is 1.95. The highest BCUT2D eigenvalue weighted by Gasteiger charge is 2.37. The number of ether oxygens (including phenoxy) is 1. The van der Waals surface area contributed by atoms with E-state index in [9.17, 15) is 9.18 Å². The molecule has 5 rings (SSSR count). The van der Waals surface area contributed by atoms with Crippen LogP contribution in [0.4, 0.5) is 4.39 Å². The second-order valence-electron chi connectivity index (χ2n) is 9.28. The molecule has 176 valence electrons. The van der Waals surface area contributed by atoms with E-state index in [2.05, 4.69) is 9.88 Å². The fraction of sp³-hybridized carbons (Fsp3) is 0.357. The zero-order valence-corrected chi connectivity index (χ0v) is 19.7. The third-order valence-electron chi connectivity index (χ3n) is 7.03. The number of aryl methyl sites for hydroxylation is 1. The van der Waals surface area contributed by atoms with Crippen molar-refractivity contribution in [3.05, 3.63) is 83.2 Å². The molecule has 0 saturated carbocycles. The maximum Gasteiger partial charge on any atom is 0.250 e. The molecular weight excluding hydrogens is 429 g/mol. The van der Waals surface area contributed by atoms with Crippen molar-refractivity contribution in [2.75, 3.05) is 7.11 Å². The Kier molecular flexibility index (Phi) is 6.22. The second-order valence-corrected chi connectivity index (χ2v) is 9.28. The van der Waals surface area contributed by atoms with E-state index in [0.29, 0.717) is 0 Å². The lowest BCUT2D eigenvalue weighted by molar-refractivity contribution is -0.133. The zero-order valence-electron chi connectivity index (χ0n) is 19.7. The predicted octanol–water partition coefficient (Wildman–Crippen LogP) is 6.02. The molecule has 1 amide bonds. The number of carbonyl (C=O) groups is 1. The zero-order chi connectivity index (χ0) is 23.7. The van der Waals surface area contributed by atoms with Gasteiger partial charge in [-0.25, -0.2) is 9.37 Å². The molecule has 3 aromatic rings. The van der Waals surface area contributed by atoms with Gasteiger partial charge in [0.2, 0.25) is 0 Å². The van der Waals surface area contributed by atoms with E-state index in [1.165, 1.54) is 12.1 Å². The van der Waals surface area contributed by atoms with E-state index in [-0.39, 0.29) is 23.8 Å². The molecular formula is C28H30FN3O2. The SMILES string of the molecule is COc1cc(C=C2CCC[C@@H]3CCC[C@@H](c4ccc(F)cc4)N3C2=O)ccc1-n1cnc(C)c1. The molecule has 0 spiro atoms. The standard InChI is InChI=1S/C28H30FN3O2/c1-19-17-31(18-30-19)26-14-9-20(16-27(26)34-2)15-22-5-3-6-24-7-4-8-25(32(24)28(22)33)21-10-12-23(29)13-11-21/h9-18,24-25H,3-8H2,1-2H3/t24-,25+/m1/s1. The smallest absolute Gasteiger partial charge is 0.250 e. The van der Waals surface area contributed by atoms with Gasteiger partial charge in [-0.05, 0) is 86.9 Å². The van der Waals surface area contributed by atoms with Crippen LogP contribution in [0, 0.1) is 12.7 Å². The first-order valence-electron chi connectivity index (χ1n) is 12.0. The molecule has 0 unspecified atom stereocenters. The molecule has 0 radical (unpaired) electrons. The molecule has 34 heavy (non-hydrogen) atoms. The van der Waals surface area contributed by atoms with Gasteiger partial charge in [-0.15, -0.1) is 0 Å². The Morgan fingerprint density at radius 2 is 1.88 bits per heavy atom. The van der Waals surface area contributed by atoms with Crippen LogP contribution in [-0.4, -0.2) is 33.5 Å². The van der Waals surface area contributed by atoms with Crippen molar-refractivity contribution in [3.63, 3.8) is 0 Å². The molecule has 2 saturated heterocycles. The number of aromatic nitrogens is 2. The Labute approximate surface area is 199 Å². The van der Waals surface area contributed by atoms with Crippen molar-refractivity contribution in [1.82, 2.24) is 14.5 Å². The van der Waals surface area contributed by atoms with Gasteiger partial charge in [0.15, 0.2) is 0 Å². The fourth-order valence-corrected chi connectivity index (χ4v) is 5.37. The van der Waals surface area contributed by atoms with Gasteiger partial charge in [0.1, 0.15) is 11.6 Å². The number of piperidine rings is 1. The van der Waals surface area contributed by atoms with E-state index in [1.807, 2.05) is 54.1 Å². The van der Waals surface area contributed by atoms with Gasteiger partial charge in [0, 0.05) is 17.8 Å². The first-order chi connectivity index (χ1) is 16.5. The molecule has 3 heterocycles. The van der Waals surface area contributed by atoms with Crippen LogP contribution in [0.5, 0.6) is 5.75 Å². The van der Waals surface area contributed by atoms with Gasteiger partial charge in [0.05, 0.1) is 30.9 Å². The number of hydrogen-bond donors (Lipinski definition) is 0. The summed E-state index contributed by atoms with van der Waals surface area (Å²) in [4.78, 5) is 20.2. The first-order valence-corrected chi connectivity index (χ1v) is 12.0. The molecule has 0 N–H and O–H groups in total. The maximum absolute atomic E-state index is 13.8. The highest BCUT2D eigenvalue weighted by Crippen LogP contribution is 2.40. The van der Waals surface area contributed by atoms with Crippen LogP contribution in [0.1, 0.15) is 61.4 Å². The van der Waals surface area contributed by atoms with Gasteiger partial charge in [-0.3, -0.25) is 4.79 Å². The summed E-state index contributed by atoms with van der Waals surface area (Å²) in [5, 5.41) is 0. The van der Waals surface area contributed by atoms with Gasteiger partial charge >= 0.3 is 0 Å². The Balaban J connectivity index is 1.47. The number of halogens is 1. The van der Waals surface area contributed by atoms with Crippen molar-refractivity contribution in [3.8, 4) is 11.4 Å². The van der Waals surface area contributed by atoms with Crippen molar-refractivity contribution in [2.45, 2.75) is 57.5 Å². The number of methoxy groups -OCH3 is 1. The van der Waals surface area contributed by atoms with E-state index in [1.54, 1.807) is 13.4 Å². The summed E-state index contributed by atoms with van der Waals surface area (Å²) >= 11 is 0. The number of nitrogens with zero attached hydrogens (tertiary/aromatic N) is 3. The Morgan fingerprint density at radius 3 is 2.62 bits per heavy atom. The number of amides is 1. The Morgan fingerprint density at radius 1 is 1.09 bits per heavy atom. The molecule has 0 bridgehead atoms. The van der Waals surface area contributed by atoms with Gasteiger partial charge in [0.25, 0.3) is 5.91 Å². The monoisotopic (exact) mass is 459 g/mol. The third-order valence-corrected chi connectivity index (χ3v) is 7.03. The average Bonchev–Trinajstić information content (AvgIpc) is 3.22. The number of imidazole rings is 1. The van der Waals surface area contributed by atoms with Crippen LogP contribution in [0.2, 0.25) is 0 Å². The molecule has 2 aromatic carbocycles. The number of rotatable bonds is 4. The van der Waals surface area contributed by atoms with Crippen molar-refractivity contribution in [1.29, 1.82) is 0 Å². The first kappa shape index (κ1) is 22.4. The Bertz CT molecular complexity index is 1210. The minimum Gasteiger partial charge on any atom is -0.495 e. The lowest BCUT2D eigenvalue weighted by atomic mass is 9.89. The molecule has 2 aliphatic heterocycles. The number of hydrogen-bond acceptors (Lipinski definition) is 3. The molecule has 0 aliphatic carbocycles. The highest BCUT2D eigenvalue weighted by atomic mass is 19.1. The summed E-state index contributed by atoms with van der Waals surface area (Å²) in [6, 6.07) is 12.9. The van der Waals surface area contributed by atoms with Crippen LogP contribution in [-0.2, 0) is 4.79 Å². The van der Waals surface area contributed by atoms with Crippen molar-refractivity contribution >= 4 is 12.0 Å². The number of fused-ring (bicyclic) bond motifs is 1. The average molecular weight is 460 g/mol. The van der Waals surface area contributed by atoms with Crippen LogP contribution in [0.15, 0.2) is 60.6 Å². The quantitative estimate of drug-likeness (QED) is 0.449. The summed E-state index contributed by atoms with van der Waals surface area (Å²) in [7, 11) is 1.65. The molecule has 5 nitrogen and oxygen atoms in total. The van der Waals surface area contributed by atoms with Crippen LogP contribution < -0.4 is 4.74 Å². The van der Waals surface area contributed by atoms with Crippen LogP contribution in [0.3, 0.4) is 0 Å².